The number of ether oxygens (including phenoxy) is 1. The van der Waals surface area contributed by atoms with Crippen LogP contribution in [0, 0.1) is 11.3 Å². The number of nitriles is 1. The van der Waals surface area contributed by atoms with Gasteiger partial charge in [-0.2, -0.15) is 5.26 Å². The van der Waals surface area contributed by atoms with Crippen molar-refractivity contribution in [3.8, 4) is 17.7 Å². The molecular formula is C19H12N2O2. The average Bonchev–Trinajstić information content (AvgIpc) is 2.63. The van der Waals surface area contributed by atoms with Gasteiger partial charge in [0.15, 0.2) is 5.78 Å². The van der Waals surface area contributed by atoms with Crippen LogP contribution in [0.3, 0.4) is 0 Å². The lowest BCUT2D eigenvalue weighted by atomic mass is 10.0. The number of rotatable bonds is 4. The van der Waals surface area contributed by atoms with Gasteiger partial charge in [-0.15, -0.1) is 0 Å². The summed E-state index contributed by atoms with van der Waals surface area (Å²) in [6, 6.07) is 21.1. The van der Waals surface area contributed by atoms with Gasteiger partial charge >= 0.3 is 0 Å². The number of carbonyl (C=O) groups excluding carboxylic acids is 1. The van der Waals surface area contributed by atoms with E-state index in [2.05, 4.69) is 4.98 Å². The Morgan fingerprint density at radius 2 is 1.65 bits per heavy atom. The lowest BCUT2D eigenvalue weighted by Crippen LogP contribution is -2.00. The second-order valence-corrected chi connectivity index (χ2v) is 4.82. The summed E-state index contributed by atoms with van der Waals surface area (Å²) in [5.41, 5.74) is 1.71. The average molecular weight is 300 g/mol. The number of hydrogen-bond donors (Lipinski definition) is 0. The van der Waals surface area contributed by atoms with Gasteiger partial charge in [-0.05, 0) is 30.3 Å². The number of carbonyl (C=O) groups is 1. The van der Waals surface area contributed by atoms with E-state index >= 15 is 0 Å². The molecule has 0 aliphatic heterocycles. The molecule has 0 saturated heterocycles. The Morgan fingerprint density at radius 1 is 0.957 bits per heavy atom. The number of hydrogen-bond acceptors (Lipinski definition) is 4. The number of nitrogens with zero attached hydrogens (tertiary/aromatic N) is 2. The number of aromatic nitrogens is 1. The minimum atomic E-state index is -0.0400. The maximum atomic E-state index is 12.3. The minimum Gasteiger partial charge on any atom is -0.439 e. The van der Waals surface area contributed by atoms with Crippen molar-refractivity contribution >= 4 is 5.78 Å². The highest BCUT2D eigenvalue weighted by Gasteiger charge is 2.08. The van der Waals surface area contributed by atoms with E-state index in [1.165, 1.54) is 6.20 Å². The van der Waals surface area contributed by atoms with Gasteiger partial charge in [0.2, 0.25) is 5.88 Å². The zero-order valence-electron chi connectivity index (χ0n) is 12.1. The van der Waals surface area contributed by atoms with Gasteiger partial charge in [-0.1, -0.05) is 30.3 Å². The van der Waals surface area contributed by atoms with Crippen LogP contribution < -0.4 is 4.74 Å². The van der Waals surface area contributed by atoms with Crippen molar-refractivity contribution in [3.05, 3.63) is 89.6 Å². The molecule has 0 bridgehead atoms. The quantitative estimate of drug-likeness (QED) is 0.684. The summed E-state index contributed by atoms with van der Waals surface area (Å²) < 4.78 is 5.59. The summed E-state index contributed by atoms with van der Waals surface area (Å²) in [6.45, 7) is 0. The molecule has 0 aliphatic rings. The molecule has 1 heterocycles. The predicted molar refractivity (Wildman–Crippen MR) is 85.3 cm³/mol. The Balaban J connectivity index is 1.77. The third-order valence-electron chi connectivity index (χ3n) is 3.24. The van der Waals surface area contributed by atoms with Crippen LogP contribution in [0.1, 0.15) is 21.5 Å². The van der Waals surface area contributed by atoms with Crippen molar-refractivity contribution < 1.29 is 9.53 Å². The number of pyridine rings is 1. The summed E-state index contributed by atoms with van der Waals surface area (Å²) in [6.07, 6.45) is 1.52. The van der Waals surface area contributed by atoms with E-state index in [1.807, 2.05) is 24.3 Å². The van der Waals surface area contributed by atoms with Crippen molar-refractivity contribution in [3.63, 3.8) is 0 Å². The normalized spacial score (nSPS) is 9.87. The zero-order chi connectivity index (χ0) is 16.1. The summed E-state index contributed by atoms with van der Waals surface area (Å²) in [5.74, 6) is 0.852. The largest absolute Gasteiger partial charge is 0.439 e. The molecule has 0 fully saturated rings. The summed E-state index contributed by atoms with van der Waals surface area (Å²) in [4.78, 5) is 16.4. The topological polar surface area (TPSA) is 63.0 Å². The molecule has 2 aromatic carbocycles. The molecular weight excluding hydrogens is 288 g/mol. The van der Waals surface area contributed by atoms with Crippen LogP contribution in [0.15, 0.2) is 72.9 Å². The Morgan fingerprint density at radius 3 is 2.35 bits per heavy atom. The molecule has 4 nitrogen and oxygen atoms in total. The van der Waals surface area contributed by atoms with Crippen LogP contribution in [0.25, 0.3) is 0 Å². The fourth-order valence-corrected chi connectivity index (χ4v) is 2.09. The monoisotopic (exact) mass is 300 g/mol. The maximum absolute atomic E-state index is 12.3. The molecule has 4 heteroatoms. The van der Waals surface area contributed by atoms with Gasteiger partial charge in [-0.25, -0.2) is 4.98 Å². The molecule has 1 aromatic heterocycles. The van der Waals surface area contributed by atoms with Gasteiger partial charge < -0.3 is 4.74 Å². The van der Waals surface area contributed by atoms with Crippen molar-refractivity contribution in [1.82, 2.24) is 4.98 Å². The molecule has 0 N–H and O–H groups in total. The van der Waals surface area contributed by atoms with Crippen LogP contribution in [0.5, 0.6) is 11.6 Å². The molecule has 0 spiro atoms. The lowest BCUT2D eigenvalue weighted by Gasteiger charge is -2.06. The Labute approximate surface area is 133 Å². The highest BCUT2D eigenvalue weighted by Crippen LogP contribution is 2.21. The van der Waals surface area contributed by atoms with E-state index in [4.69, 9.17) is 10.00 Å². The van der Waals surface area contributed by atoms with E-state index in [-0.39, 0.29) is 5.78 Å². The minimum absolute atomic E-state index is 0.0400. The standard InChI is InChI=1S/C19H12N2O2/c20-13-14-10-11-21-18(12-14)23-17-8-6-16(7-9-17)19(22)15-4-2-1-3-5-15/h1-12H. The summed E-state index contributed by atoms with van der Waals surface area (Å²) >= 11 is 0. The highest BCUT2D eigenvalue weighted by atomic mass is 16.5. The molecule has 0 atom stereocenters. The van der Waals surface area contributed by atoms with E-state index in [0.717, 1.165) is 0 Å². The first-order valence-corrected chi connectivity index (χ1v) is 7.00. The molecule has 0 saturated carbocycles. The number of benzene rings is 2. The van der Waals surface area contributed by atoms with E-state index in [9.17, 15) is 4.79 Å². The first-order valence-electron chi connectivity index (χ1n) is 7.00. The van der Waals surface area contributed by atoms with Crippen molar-refractivity contribution in [2.24, 2.45) is 0 Å². The van der Waals surface area contributed by atoms with Crippen LogP contribution >= 0.6 is 0 Å². The van der Waals surface area contributed by atoms with Crippen molar-refractivity contribution in [1.29, 1.82) is 5.26 Å². The molecule has 0 unspecified atom stereocenters. The molecule has 0 radical (unpaired) electrons. The van der Waals surface area contributed by atoms with Crippen LogP contribution in [0.2, 0.25) is 0 Å². The van der Waals surface area contributed by atoms with E-state index in [1.54, 1.807) is 48.5 Å². The van der Waals surface area contributed by atoms with Crippen molar-refractivity contribution in [2.75, 3.05) is 0 Å². The van der Waals surface area contributed by atoms with E-state index in [0.29, 0.717) is 28.3 Å². The highest BCUT2D eigenvalue weighted by molar-refractivity contribution is 6.08. The first-order chi connectivity index (χ1) is 11.3. The summed E-state index contributed by atoms with van der Waals surface area (Å²) in [5, 5.41) is 8.86. The SMILES string of the molecule is N#Cc1ccnc(Oc2ccc(C(=O)c3ccccc3)cc2)c1. The van der Waals surface area contributed by atoms with Crippen LogP contribution in [0.4, 0.5) is 0 Å². The molecule has 23 heavy (non-hydrogen) atoms. The van der Waals surface area contributed by atoms with Crippen molar-refractivity contribution in [2.45, 2.75) is 0 Å². The third-order valence-corrected chi connectivity index (χ3v) is 3.24. The summed E-state index contributed by atoms with van der Waals surface area (Å²) in [7, 11) is 0. The Hall–Kier alpha value is -3.45. The Bertz CT molecular complexity index is 866. The fraction of sp³-hybridized carbons (Fsp3) is 0. The predicted octanol–water partition coefficient (Wildman–Crippen LogP) is 3.98. The molecule has 110 valence electrons. The molecule has 3 aromatic rings. The second-order valence-electron chi connectivity index (χ2n) is 4.82. The molecule has 0 amide bonds. The van der Waals surface area contributed by atoms with E-state index < -0.39 is 0 Å². The zero-order valence-corrected chi connectivity index (χ0v) is 12.1. The third kappa shape index (κ3) is 3.42. The van der Waals surface area contributed by atoms with Gasteiger partial charge in [0.1, 0.15) is 5.75 Å². The smallest absolute Gasteiger partial charge is 0.220 e. The fourth-order valence-electron chi connectivity index (χ4n) is 2.09. The van der Waals surface area contributed by atoms with Gasteiger partial charge in [-0.3, -0.25) is 4.79 Å². The lowest BCUT2D eigenvalue weighted by molar-refractivity contribution is 0.103. The number of ketones is 1. The first kappa shape index (κ1) is 14.5. The second kappa shape index (κ2) is 6.54. The Kier molecular flexibility index (Phi) is 4.12. The van der Waals surface area contributed by atoms with Gasteiger partial charge in [0.05, 0.1) is 11.6 Å². The van der Waals surface area contributed by atoms with Crippen LogP contribution in [-0.2, 0) is 0 Å². The molecule has 3 rings (SSSR count). The molecule has 0 aliphatic carbocycles. The van der Waals surface area contributed by atoms with Gasteiger partial charge in [0.25, 0.3) is 0 Å². The maximum Gasteiger partial charge on any atom is 0.220 e. The van der Waals surface area contributed by atoms with Crippen LogP contribution in [-0.4, -0.2) is 10.8 Å². The van der Waals surface area contributed by atoms with Gasteiger partial charge in [0, 0.05) is 23.4 Å².